The molecule has 1 aliphatic rings. The summed E-state index contributed by atoms with van der Waals surface area (Å²) in [5.41, 5.74) is 0.421. The van der Waals surface area contributed by atoms with Crippen LogP contribution < -0.4 is 10.6 Å². The van der Waals surface area contributed by atoms with Gasteiger partial charge < -0.3 is 10.6 Å². The smallest absolute Gasteiger partial charge is 0.348 e. The number of alkyl halides is 3. The number of rotatable bonds is 4. The van der Waals surface area contributed by atoms with E-state index in [4.69, 9.17) is 0 Å². The zero-order valence-electron chi connectivity index (χ0n) is 17.5. The first-order chi connectivity index (χ1) is 14.4. The standard InChI is InChI=1S/C21H25F3N4O2S/c1-20(2,3)13-4-6-15(7-5-13)27-18(30)16-19(31-11-26-16)28-17(29)12-8-14(10-25-9-12)21(22,23)24/h8-11,13,15H,4-7H2,1-3H3,(H,27,30)(H,28,29). The summed E-state index contributed by atoms with van der Waals surface area (Å²) in [6.07, 6.45) is 0.876. The van der Waals surface area contributed by atoms with Crippen molar-refractivity contribution in [1.29, 1.82) is 0 Å². The van der Waals surface area contributed by atoms with E-state index in [2.05, 4.69) is 41.4 Å². The number of hydrogen-bond donors (Lipinski definition) is 2. The molecule has 1 aliphatic carbocycles. The summed E-state index contributed by atoms with van der Waals surface area (Å²) in [7, 11) is 0. The number of nitrogens with one attached hydrogen (secondary N) is 2. The SMILES string of the molecule is CC(C)(C)C1CCC(NC(=O)c2ncsc2NC(=O)c2cncc(C(F)(F)F)c2)CC1. The Kier molecular flexibility index (Phi) is 6.68. The lowest BCUT2D eigenvalue weighted by molar-refractivity contribution is -0.137. The van der Waals surface area contributed by atoms with Gasteiger partial charge in [-0.05, 0) is 43.1 Å². The van der Waals surface area contributed by atoms with E-state index < -0.39 is 23.6 Å². The van der Waals surface area contributed by atoms with Gasteiger partial charge >= 0.3 is 6.18 Å². The van der Waals surface area contributed by atoms with E-state index in [0.29, 0.717) is 12.1 Å². The van der Waals surface area contributed by atoms with Crippen molar-refractivity contribution in [2.45, 2.75) is 58.7 Å². The van der Waals surface area contributed by atoms with Crippen molar-refractivity contribution in [3.63, 3.8) is 0 Å². The number of carbonyl (C=O) groups excluding carboxylic acids is 2. The molecule has 2 heterocycles. The van der Waals surface area contributed by atoms with Gasteiger partial charge in [-0.3, -0.25) is 14.6 Å². The van der Waals surface area contributed by atoms with Crippen LogP contribution in [0.15, 0.2) is 24.0 Å². The number of pyridine rings is 1. The summed E-state index contributed by atoms with van der Waals surface area (Å²) in [5.74, 6) is -0.587. The van der Waals surface area contributed by atoms with Crippen LogP contribution in [-0.4, -0.2) is 27.8 Å². The minimum atomic E-state index is -4.61. The normalized spacial score (nSPS) is 19.7. The van der Waals surface area contributed by atoms with Crippen molar-refractivity contribution in [1.82, 2.24) is 15.3 Å². The lowest BCUT2D eigenvalue weighted by atomic mass is 9.71. The molecule has 2 aromatic heterocycles. The Hall–Kier alpha value is -2.49. The van der Waals surface area contributed by atoms with Gasteiger partial charge in [-0.15, -0.1) is 11.3 Å². The molecule has 2 amide bonds. The molecule has 3 rings (SSSR count). The average Bonchev–Trinajstić information content (AvgIpc) is 3.15. The van der Waals surface area contributed by atoms with Gasteiger partial charge in [0, 0.05) is 18.4 Å². The quantitative estimate of drug-likeness (QED) is 0.670. The first kappa shape index (κ1) is 23.2. The molecule has 0 saturated heterocycles. The molecule has 6 nitrogen and oxygen atoms in total. The van der Waals surface area contributed by atoms with Crippen LogP contribution in [0.2, 0.25) is 0 Å². The molecule has 0 spiro atoms. The van der Waals surface area contributed by atoms with Crippen LogP contribution in [0.5, 0.6) is 0 Å². The van der Waals surface area contributed by atoms with Crippen LogP contribution in [0.3, 0.4) is 0 Å². The molecule has 168 valence electrons. The highest BCUT2D eigenvalue weighted by atomic mass is 32.1. The number of aromatic nitrogens is 2. The summed E-state index contributed by atoms with van der Waals surface area (Å²) in [4.78, 5) is 32.6. The fourth-order valence-electron chi connectivity index (χ4n) is 3.75. The van der Waals surface area contributed by atoms with Crippen molar-refractivity contribution in [2.75, 3.05) is 5.32 Å². The molecule has 1 saturated carbocycles. The minimum Gasteiger partial charge on any atom is -0.348 e. The number of amides is 2. The average molecular weight is 455 g/mol. The number of halogens is 3. The van der Waals surface area contributed by atoms with Crippen LogP contribution in [-0.2, 0) is 6.18 Å². The van der Waals surface area contributed by atoms with Crippen LogP contribution >= 0.6 is 11.3 Å². The molecule has 0 bridgehead atoms. The first-order valence-corrected chi connectivity index (χ1v) is 10.9. The lowest BCUT2D eigenvalue weighted by Gasteiger charge is -2.37. The summed E-state index contributed by atoms with van der Waals surface area (Å²) in [6.45, 7) is 6.67. The van der Waals surface area contributed by atoms with E-state index in [1.54, 1.807) is 0 Å². The second kappa shape index (κ2) is 8.94. The molecule has 31 heavy (non-hydrogen) atoms. The molecule has 2 N–H and O–H groups in total. The Morgan fingerprint density at radius 1 is 1.06 bits per heavy atom. The molecular formula is C21H25F3N4O2S. The van der Waals surface area contributed by atoms with Gasteiger partial charge in [-0.25, -0.2) is 4.98 Å². The third-order valence-electron chi connectivity index (χ3n) is 5.62. The Morgan fingerprint density at radius 3 is 2.35 bits per heavy atom. The second-order valence-corrected chi connectivity index (χ2v) is 9.69. The fraction of sp³-hybridized carbons (Fsp3) is 0.524. The first-order valence-electron chi connectivity index (χ1n) is 10.0. The highest BCUT2D eigenvalue weighted by molar-refractivity contribution is 7.14. The van der Waals surface area contributed by atoms with Crippen molar-refractivity contribution in [3.05, 3.63) is 40.8 Å². The highest BCUT2D eigenvalue weighted by Crippen LogP contribution is 2.38. The van der Waals surface area contributed by atoms with Gasteiger partial charge in [0.2, 0.25) is 0 Å². The number of thiazole rings is 1. The third-order valence-corrected chi connectivity index (χ3v) is 6.37. The molecule has 0 unspecified atom stereocenters. The minimum absolute atomic E-state index is 0.0315. The number of anilines is 1. The monoisotopic (exact) mass is 454 g/mol. The van der Waals surface area contributed by atoms with Crippen molar-refractivity contribution >= 4 is 28.2 Å². The zero-order chi connectivity index (χ0) is 22.8. The third kappa shape index (κ3) is 5.81. The molecule has 10 heteroatoms. The summed E-state index contributed by atoms with van der Waals surface area (Å²) >= 11 is 1.03. The fourth-order valence-corrected chi connectivity index (χ4v) is 4.42. The Labute approximate surface area is 182 Å². The lowest BCUT2D eigenvalue weighted by Crippen LogP contribution is -2.39. The topological polar surface area (TPSA) is 84.0 Å². The van der Waals surface area contributed by atoms with E-state index in [1.807, 2.05) is 0 Å². The Balaban J connectivity index is 1.63. The van der Waals surface area contributed by atoms with Gasteiger partial charge in [0.15, 0.2) is 5.69 Å². The van der Waals surface area contributed by atoms with Crippen molar-refractivity contribution < 1.29 is 22.8 Å². The second-order valence-electron chi connectivity index (χ2n) is 8.83. The van der Waals surface area contributed by atoms with Crippen LogP contribution in [0, 0.1) is 11.3 Å². The summed E-state index contributed by atoms with van der Waals surface area (Å²) < 4.78 is 38.6. The molecule has 0 radical (unpaired) electrons. The zero-order valence-corrected chi connectivity index (χ0v) is 18.4. The van der Waals surface area contributed by atoms with Gasteiger partial charge in [0.1, 0.15) is 5.00 Å². The molecule has 2 aromatic rings. The van der Waals surface area contributed by atoms with Gasteiger partial charge in [0.25, 0.3) is 11.8 Å². The molecule has 0 aromatic carbocycles. The van der Waals surface area contributed by atoms with Gasteiger partial charge in [-0.1, -0.05) is 20.8 Å². The summed E-state index contributed by atoms with van der Waals surface area (Å²) in [5, 5.41) is 5.63. The number of carbonyl (C=O) groups is 2. The van der Waals surface area contributed by atoms with Gasteiger partial charge in [0.05, 0.1) is 16.6 Å². The van der Waals surface area contributed by atoms with Crippen molar-refractivity contribution in [3.8, 4) is 0 Å². The van der Waals surface area contributed by atoms with Crippen molar-refractivity contribution in [2.24, 2.45) is 11.3 Å². The number of nitrogens with zero attached hydrogens (tertiary/aromatic N) is 2. The van der Waals surface area contributed by atoms with Crippen LogP contribution in [0.25, 0.3) is 0 Å². The van der Waals surface area contributed by atoms with E-state index in [-0.39, 0.29) is 27.7 Å². The predicted octanol–water partition coefficient (Wildman–Crippen LogP) is 5.14. The molecule has 0 aliphatic heterocycles. The van der Waals surface area contributed by atoms with E-state index in [1.165, 1.54) is 5.51 Å². The maximum absolute atomic E-state index is 12.9. The Bertz CT molecular complexity index is 945. The van der Waals surface area contributed by atoms with Gasteiger partial charge in [-0.2, -0.15) is 13.2 Å². The van der Waals surface area contributed by atoms with E-state index >= 15 is 0 Å². The summed E-state index contributed by atoms with van der Waals surface area (Å²) in [6, 6.07) is 0.751. The maximum Gasteiger partial charge on any atom is 0.417 e. The van der Waals surface area contributed by atoms with Crippen LogP contribution in [0.4, 0.5) is 18.2 Å². The highest BCUT2D eigenvalue weighted by Gasteiger charge is 2.32. The molecule has 1 fully saturated rings. The maximum atomic E-state index is 12.9. The van der Waals surface area contributed by atoms with Crippen LogP contribution in [0.1, 0.15) is 72.9 Å². The van der Waals surface area contributed by atoms with E-state index in [9.17, 15) is 22.8 Å². The molecule has 0 atom stereocenters. The predicted molar refractivity (Wildman–Crippen MR) is 112 cm³/mol. The largest absolute Gasteiger partial charge is 0.417 e. The number of hydrogen-bond acceptors (Lipinski definition) is 5. The van der Waals surface area contributed by atoms with E-state index in [0.717, 1.165) is 49.3 Å². The Morgan fingerprint density at radius 2 is 1.74 bits per heavy atom. The molecular weight excluding hydrogens is 429 g/mol.